The van der Waals surface area contributed by atoms with Gasteiger partial charge < -0.3 is 5.32 Å². The maximum absolute atomic E-state index is 12.0. The van der Waals surface area contributed by atoms with Gasteiger partial charge in [-0.1, -0.05) is 36.8 Å². The molecular weight excluding hydrogens is 264 g/mol. The summed E-state index contributed by atoms with van der Waals surface area (Å²) in [4.78, 5) is 12.0. The topological polar surface area (TPSA) is 59.0 Å². The maximum atomic E-state index is 12.0. The molecule has 1 aromatic carbocycles. The van der Waals surface area contributed by atoms with Gasteiger partial charge in [0.15, 0.2) is 5.82 Å². The number of anilines is 1. The van der Waals surface area contributed by atoms with Crippen molar-refractivity contribution < 1.29 is 4.79 Å². The average molecular weight is 284 g/mol. The van der Waals surface area contributed by atoms with Gasteiger partial charge >= 0.3 is 6.03 Å². The number of aryl methyl sites for hydroxylation is 1. The van der Waals surface area contributed by atoms with Gasteiger partial charge in [-0.15, -0.1) is 0 Å². The van der Waals surface area contributed by atoms with E-state index in [1.165, 1.54) is 12.0 Å². The van der Waals surface area contributed by atoms with Crippen LogP contribution in [-0.2, 0) is 12.5 Å². The molecule has 21 heavy (non-hydrogen) atoms. The summed E-state index contributed by atoms with van der Waals surface area (Å²) in [6, 6.07) is 12.0. The Hall–Kier alpha value is -2.30. The first-order valence-corrected chi connectivity index (χ1v) is 7.28. The summed E-state index contributed by atoms with van der Waals surface area (Å²) in [5.41, 5.74) is 1.41. The number of amides is 2. The summed E-state index contributed by atoms with van der Waals surface area (Å²) >= 11 is 0. The number of nitrogens with zero attached hydrogens (tertiary/aromatic N) is 2. The number of hydrogen-bond donors (Lipinski definition) is 2. The van der Waals surface area contributed by atoms with E-state index in [-0.39, 0.29) is 11.4 Å². The van der Waals surface area contributed by atoms with Crippen molar-refractivity contribution >= 4 is 11.8 Å². The zero-order valence-electron chi connectivity index (χ0n) is 12.2. The zero-order valence-corrected chi connectivity index (χ0v) is 12.2. The third kappa shape index (κ3) is 2.91. The van der Waals surface area contributed by atoms with Crippen molar-refractivity contribution in [2.24, 2.45) is 7.05 Å². The van der Waals surface area contributed by atoms with E-state index in [0.717, 1.165) is 12.8 Å². The Morgan fingerprint density at radius 3 is 2.62 bits per heavy atom. The van der Waals surface area contributed by atoms with E-state index in [1.54, 1.807) is 16.9 Å². The third-order valence-electron chi connectivity index (χ3n) is 4.24. The fraction of sp³-hybridized carbons (Fsp3) is 0.375. The van der Waals surface area contributed by atoms with Gasteiger partial charge in [0, 0.05) is 31.3 Å². The predicted molar refractivity (Wildman–Crippen MR) is 82.2 cm³/mol. The molecule has 1 aliphatic rings. The Labute approximate surface area is 124 Å². The highest BCUT2D eigenvalue weighted by molar-refractivity contribution is 5.88. The first kappa shape index (κ1) is 13.7. The second-order valence-electron chi connectivity index (χ2n) is 5.68. The average Bonchev–Trinajstić information content (AvgIpc) is 2.84. The smallest absolute Gasteiger partial charge is 0.320 e. The molecule has 1 heterocycles. The molecule has 0 spiro atoms. The van der Waals surface area contributed by atoms with Crippen molar-refractivity contribution in [2.45, 2.75) is 24.7 Å². The van der Waals surface area contributed by atoms with Gasteiger partial charge in [-0.05, 0) is 18.4 Å². The van der Waals surface area contributed by atoms with Gasteiger partial charge in [0.05, 0.1) is 0 Å². The monoisotopic (exact) mass is 284 g/mol. The standard InChI is InChI=1S/C16H20N4O/c1-20-11-8-14(19-20)18-15(21)17-12-16(9-5-10-16)13-6-3-2-4-7-13/h2-4,6-8,11H,5,9-10,12H2,1H3,(H2,17,18,19,21). The molecule has 2 aromatic rings. The number of rotatable bonds is 4. The molecule has 5 heteroatoms. The first-order chi connectivity index (χ1) is 10.2. The Morgan fingerprint density at radius 1 is 1.29 bits per heavy atom. The SMILES string of the molecule is Cn1ccc(NC(=O)NCC2(c3ccccc3)CCC2)n1. The van der Waals surface area contributed by atoms with Crippen LogP contribution in [-0.4, -0.2) is 22.4 Å². The van der Waals surface area contributed by atoms with E-state index in [1.807, 2.05) is 13.1 Å². The highest BCUT2D eigenvalue weighted by atomic mass is 16.2. The highest BCUT2D eigenvalue weighted by Crippen LogP contribution is 2.43. The van der Waals surface area contributed by atoms with Gasteiger partial charge in [-0.3, -0.25) is 10.00 Å². The molecule has 1 aliphatic carbocycles. The highest BCUT2D eigenvalue weighted by Gasteiger charge is 2.38. The van der Waals surface area contributed by atoms with E-state index < -0.39 is 0 Å². The molecule has 0 unspecified atom stereocenters. The normalized spacial score (nSPS) is 16.0. The van der Waals surface area contributed by atoms with Crippen LogP contribution in [0.4, 0.5) is 10.6 Å². The summed E-state index contributed by atoms with van der Waals surface area (Å²) in [6.07, 6.45) is 5.27. The van der Waals surface area contributed by atoms with Crippen molar-refractivity contribution in [3.05, 3.63) is 48.2 Å². The molecule has 0 atom stereocenters. The van der Waals surface area contributed by atoms with Crippen molar-refractivity contribution in [2.75, 3.05) is 11.9 Å². The molecule has 2 N–H and O–H groups in total. The lowest BCUT2D eigenvalue weighted by atomic mass is 9.64. The fourth-order valence-corrected chi connectivity index (χ4v) is 2.85. The third-order valence-corrected chi connectivity index (χ3v) is 4.24. The lowest BCUT2D eigenvalue weighted by Gasteiger charge is -2.42. The summed E-state index contributed by atoms with van der Waals surface area (Å²) in [6.45, 7) is 0.662. The molecule has 1 saturated carbocycles. The molecule has 1 fully saturated rings. The second-order valence-corrected chi connectivity index (χ2v) is 5.68. The molecule has 0 saturated heterocycles. The Kier molecular flexibility index (Phi) is 3.64. The fourth-order valence-electron chi connectivity index (χ4n) is 2.85. The van der Waals surface area contributed by atoms with Crippen molar-refractivity contribution in [3.8, 4) is 0 Å². The Morgan fingerprint density at radius 2 is 2.05 bits per heavy atom. The van der Waals surface area contributed by atoms with Gasteiger partial charge in [0.2, 0.25) is 0 Å². The second kappa shape index (κ2) is 5.60. The Balaban J connectivity index is 1.59. The van der Waals surface area contributed by atoms with Crippen LogP contribution in [0.1, 0.15) is 24.8 Å². The Bertz CT molecular complexity index is 616. The van der Waals surface area contributed by atoms with E-state index in [0.29, 0.717) is 12.4 Å². The largest absolute Gasteiger partial charge is 0.337 e. The summed E-state index contributed by atoms with van der Waals surface area (Å²) in [5.74, 6) is 0.567. The van der Waals surface area contributed by atoms with Crippen LogP contribution < -0.4 is 10.6 Å². The van der Waals surface area contributed by atoms with Crippen molar-refractivity contribution in [3.63, 3.8) is 0 Å². The van der Waals surface area contributed by atoms with Gasteiger partial charge in [-0.25, -0.2) is 4.79 Å². The predicted octanol–water partition coefficient (Wildman–Crippen LogP) is 2.66. The molecule has 5 nitrogen and oxygen atoms in total. The minimum atomic E-state index is -0.198. The van der Waals surface area contributed by atoms with E-state index in [4.69, 9.17) is 0 Å². The lowest BCUT2D eigenvalue weighted by molar-refractivity contribution is 0.222. The number of hydrogen-bond acceptors (Lipinski definition) is 2. The number of carbonyl (C=O) groups excluding carboxylic acids is 1. The number of nitrogens with one attached hydrogen (secondary N) is 2. The van der Waals surface area contributed by atoms with Crippen LogP contribution in [0.15, 0.2) is 42.6 Å². The summed E-state index contributed by atoms with van der Waals surface area (Å²) in [5, 5.41) is 9.87. The van der Waals surface area contributed by atoms with Crippen molar-refractivity contribution in [1.82, 2.24) is 15.1 Å². The summed E-state index contributed by atoms with van der Waals surface area (Å²) in [7, 11) is 1.82. The maximum Gasteiger partial charge on any atom is 0.320 e. The van der Waals surface area contributed by atoms with Gasteiger partial charge in [-0.2, -0.15) is 5.10 Å². The van der Waals surface area contributed by atoms with E-state index >= 15 is 0 Å². The van der Waals surface area contributed by atoms with Gasteiger partial charge in [0.1, 0.15) is 0 Å². The van der Waals surface area contributed by atoms with Crippen LogP contribution >= 0.6 is 0 Å². The molecule has 110 valence electrons. The van der Waals surface area contributed by atoms with Crippen LogP contribution in [0.3, 0.4) is 0 Å². The van der Waals surface area contributed by atoms with Crippen LogP contribution in [0.5, 0.6) is 0 Å². The lowest BCUT2D eigenvalue weighted by Crippen LogP contribution is -2.46. The zero-order chi connectivity index (χ0) is 14.7. The van der Waals surface area contributed by atoms with E-state index in [9.17, 15) is 4.79 Å². The quantitative estimate of drug-likeness (QED) is 0.907. The van der Waals surface area contributed by atoms with E-state index in [2.05, 4.69) is 40.0 Å². The van der Waals surface area contributed by atoms with Crippen LogP contribution in [0.2, 0.25) is 0 Å². The molecule has 0 bridgehead atoms. The number of carbonyl (C=O) groups is 1. The minimum absolute atomic E-state index is 0.0999. The number of benzene rings is 1. The molecular formula is C16H20N4O. The number of aromatic nitrogens is 2. The van der Waals surface area contributed by atoms with Crippen LogP contribution in [0.25, 0.3) is 0 Å². The molecule has 1 aromatic heterocycles. The molecule has 3 rings (SSSR count). The number of urea groups is 1. The molecule has 0 radical (unpaired) electrons. The molecule has 0 aliphatic heterocycles. The summed E-state index contributed by atoms with van der Waals surface area (Å²) < 4.78 is 1.66. The first-order valence-electron chi connectivity index (χ1n) is 7.28. The molecule has 2 amide bonds. The van der Waals surface area contributed by atoms with Crippen molar-refractivity contribution in [1.29, 1.82) is 0 Å². The minimum Gasteiger partial charge on any atom is -0.337 e. The van der Waals surface area contributed by atoms with Crippen LogP contribution in [0, 0.1) is 0 Å². The van der Waals surface area contributed by atoms with Gasteiger partial charge in [0.25, 0.3) is 0 Å².